The summed E-state index contributed by atoms with van der Waals surface area (Å²) in [6.45, 7) is 0.643. The van der Waals surface area contributed by atoms with Gasteiger partial charge in [-0.1, -0.05) is 47.7 Å². The van der Waals surface area contributed by atoms with Crippen LogP contribution >= 0.6 is 0 Å². The molecule has 0 bridgehead atoms. The molecule has 0 fully saturated rings. The lowest BCUT2D eigenvalue weighted by Crippen LogP contribution is -2.16. The van der Waals surface area contributed by atoms with Crippen molar-refractivity contribution in [1.82, 2.24) is 15.0 Å². The molecule has 0 aliphatic carbocycles. The van der Waals surface area contributed by atoms with Crippen LogP contribution in [0, 0.1) is 0 Å². The molecule has 0 unspecified atom stereocenters. The molecule has 2 aliphatic rings. The molecule has 0 atom stereocenters. The molecule has 3 aromatic carbocycles. The van der Waals surface area contributed by atoms with Gasteiger partial charge in [-0.05, 0) is 34.9 Å². The van der Waals surface area contributed by atoms with Crippen LogP contribution in [0.4, 0.5) is 5.69 Å². The highest BCUT2D eigenvalue weighted by Crippen LogP contribution is 2.35. The number of nitrogens with zero attached hydrogens (tertiary/aromatic N) is 5. The van der Waals surface area contributed by atoms with Gasteiger partial charge < -0.3 is 0 Å². The number of aryl methyl sites for hydroxylation is 1. The van der Waals surface area contributed by atoms with Gasteiger partial charge in [0.1, 0.15) is 5.52 Å². The maximum absolute atomic E-state index is 12.8. The van der Waals surface area contributed by atoms with E-state index in [0.29, 0.717) is 25.1 Å². The predicted molar refractivity (Wildman–Crippen MR) is 120 cm³/mol. The number of fused-ring (bicyclic) bond motifs is 3. The number of benzene rings is 3. The summed E-state index contributed by atoms with van der Waals surface area (Å²) in [5.74, 6) is 0.0875. The van der Waals surface area contributed by atoms with E-state index in [1.54, 1.807) is 4.68 Å². The van der Waals surface area contributed by atoms with Crippen molar-refractivity contribution < 1.29 is 4.79 Å². The molecule has 31 heavy (non-hydrogen) atoms. The highest BCUT2D eigenvalue weighted by atomic mass is 16.1. The fraction of sp³-hybridized carbons (Fsp3) is 0.160. The maximum Gasteiger partial charge on any atom is 0.181 e. The summed E-state index contributed by atoms with van der Waals surface area (Å²) in [7, 11) is 1.88. The molecule has 0 saturated heterocycles. The Kier molecular flexibility index (Phi) is 3.93. The van der Waals surface area contributed by atoms with Crippen LogP contribution in [-0.2, 0) is 31.2 Å². The SMILES string of the molecule is Cn1nnc2cc(C3=NCc4cc5c(cc43)N=C(C(=O)Cc3ccccc3)C5)ccc21. The van der Waals surface area contributed by atoms with E-state index < -0.39 is 0 Å². The van der Waals surface area contributed by atoms with Gasteiger partial charge in [0.25, 0.3) is 0 Å². The van der Waals surface area contributed by atoms with Crippen molar-refractivity contribution in [3.05, 3.63) is 88.5 Å². The summed E-state index contributed by atoms with van der Waals surface area (Å²) in [6, 6.07) is 20.2. The van der Waals surface area contributed by atoms with Crippen molar-refractivity contribution in [3.8, 4) is 0 Å². The van der Waals surface area contributed by atoms with Crippen molar-refractivity contribution in [2.75, 3.05) is 0 Å². The van der Waals surface area contributed by atoms with Gasteiger partial charge in [-0.25, -0.2) is 9.67 Å². The summed E-state index contributed by atoms with van der Waals surface area (Å²) >= 11 is 0. The van der Waals surface area contributed by atoms with Gasteiger partial charge in [0.05, 0.1) is 29.2 Å². The van der Waals surface area contributed by atoms with Gasteiger partial charge in [0, 0.05) is 31.0 Å². The van der Waals surface area contributed by atoms with E-state index >= 15 is 0 Å². The Balaban J connectivity index is 1.31. The van der Waals surface area contributed by atoms with Gasteiger partial charge >= 0.3 is 0 Å². The Morgan fingerprint density at radius 1 is 1.03 bits per heavy atom. The normalized spacial score (nSPS) is 14.4. The molecular weight excluding hydrogens is 386 g/mol. The standard InChI is InChI=1S/C25H19N5O/c1-30-23-8-7-16(11-21(23)28-29-30)25-19-13-20-17(10-18(19)14-26-25)12-22(27-20)24(31)9-15-5-3-2-4-6-15/h2-8,10-11,13H,9,12,14H2,1H3. The van der Waals surface area contributed by atoms with Crippen molar-refractivity contribution in [2.24, 2.45) is 17.0 Å². The van der Waals surface area contributed by atoms with E-state index in [9.17, 15) is 4.79 Å². The Bertz CT molecular complexity index is 1430. The van der Waals surface area contributed by atoms with Gasteiger partial charge in [-0.15, -0.1) is 5.10 Å². The third-order valence-electron chi connectivity index (χ3n) is 5.99. The molecule has 0 N–H and O–H groups in total. The maximum atomic E-state index is 12.8. The zero-order valence-corrected chi connectivity index (χ0v) is 17.0. The Morgan fingerprint density at radius 2 is 1.90 bits per heavy atom. The van der Waals surface area contributed by atoms with Crippen LogP contribution in [0.15, 0.2) is 70.6 Å². The minimum Gasteiger partial charge on any atom is -0.292 e. The first-order valence-electron chi connectivity index (χ1n) is 10.3. The first-order chi connectivity index (χ1) is 15.2. The Morgan fingerprint density at radius 3 is 2.77 bits per heavy atom. The van der Waals surface area contributed by atoms with Crippen LogP contribution in [0.25, 0.3) is 11.0 Å². The topological polar surface area (TPSA) is 72.5 Å². The van der Waals surface area contributed by atoms with Crippen LogP contribution in [0.2, 0.25) is 0 Å². The second-order valence-corrected chi connectivity index (χ2v) is 8.04. The Labute approximate surface area is 179 Å². The van der Waals surface area contributed by atoms with Crippen molar-refractivity contribution in [3.63, 3.8) is 0 Å². The van der Waals surface area contributed by atoms with E-state index in [1.165, 1.54) is 5.56 Å². The number of aromatic nitrogens is 3. The van der Waals surface area contributed by atoms with E-state index in [4.69, 9.17) is 9.98 Å². The predicted octanol–water partition coefficient (Wildman–Crippen LogP) is 3.76. The number of carbonyl (C=O) groups excluding carboxylic acids is 1. The zero-order chi connectivity index (χ0) is 20.9. The van der Waals surface area contributed by atoms with Crippen molar-refractivity contribution in [2.45, 2.75) is 19.4 Å². The molecule has 2 aliphatic heterocycles. The first-order valence-corrected chi connectivity index (χ1v) is 10.3. The summed E-state index contributed by atoms with van der Waals surface area (Å²) in [5, 5.41) is 8.31. The van der Waals surface area contributed by atoms with E-state index in [-0.39, 0.29) is 5.78 Å². The highest BCUT2D eigenvalue weighted by molar-refractivity contribution is 6.42. The van der Waals surface area contributed by atoms with Gasteiger partial charge in [0.2, 0.25) is 0 Å². The van der Waals surface area contributed by atoms with Crippen LogP contribution in [-0.4, -0.2) is 32.2 Å². The number of hydrogen-bond donors (Lipinski definition) is 0. The summed E-state index contributed by atoms with van der Waals surface area (Å²) in [5.41, 5.74) is 9.72. The average molecular weight is 405 g/mol. The fourth-order valence-electron chi connectivity index (χ4n) is 4.37. The third kappa shape index (κ3) is 2.99. The molecule has 6 rings (SSSR count). The summed E-state index contributed by atoms with van der Waals surface area (Å²) in [4.78, 5) is 22.3. The number of hydrogen-bond acceptors (Lipinski definition) is 5. The van der Waals surface area contributed by atoms with Crippen LogP contribution in [0.5, 0.6) is 0 Å². The van der Waals surface area contributed by atoms with Gasteiger partial charge in [0.15, 0.2) is 5.78 Å². The molecule has 1 aromatic heterocycles. The quantitative estimate of drug-likeness (QED) is 0.519. The smallest absolute Gasteiger partial charge is 0.181 e. The van der Waals surface area contributed by atoms with Crippen molar-refractivity contribution >= 4 is 33.9 Å². The van der Waals surface area contributed by atoms with Gasteiger partial charge in [-0.2, -0.15) is 0 Å². The second-order valence-electron chi connectivity index (χ2n) is 8.04. The van der Waals surface area contributed by atoms with E-state index in [1.807, 2.05) is 49.5 Å². The lowest BCUT2D eigenvalue weighted by atomic mass is 9.95. The number of rotatable bonds is 4. The molecule has 0 amide bonds. The monoisotopic (exact) mass is 405 g/mol. The largest absolute Gasteiger partial charge is 0.292 e. The minimum atomic E-state index is 0.0875. The Hall–Kier alpha value is -3.93. The van der Waals surface area contributed by atoms with E-state index in [2.05, 4.69) is 28.5 Å². The molecule has 3 heterocycles. The van der Waals surface area contributed by atoms with Crippen molar-refractivity contribution in [1.29, 1.82) is 0 Å². The van der Waals surface area contributed by atoms with Crippen LogP contribution in [0.3, 0.4) is 0 Å². The molecule has 150 valence electrons. The lowest BCUT2D eigenvalue weighted by molar-refractivity contribution is -0.112. The lowest BCUT2D eigenvalue weighted by Gasteiger charge is -2.07. The summed E-state index contributed by atoms with van der Waals surface area (Å²) in [6.07, 6.45) is 0.980. The molecule has 6 nitrogen and oxygen atoms in total. The van der Waals surface area contributed by atoms with Gasteiger partial charge in [-0.3, -0.25) is 9.79 Å². The molecule has 0 saturated carbocycles. The average Bonchev–Trinajstić information content (AvgIpc) is 3.49. The third-order valence-corrected chi connectivity index (χ3v) is 5.99. The highest BCUT2D eigenvalue weighted by Gasteiger charge is 2.26. The second kappa shape index (κ2) is 6.80. The number of aliphatic imine (C=N–C) groups is 2. The molecular formula is C25H19N5O. The number of Topliss-reactive ketones (excluding diaryl/α,β-unsaturated/α-hetero) is 1. The molecule has 4 aromatic rings. The molecule has 6 heteroatoms. The fourth-order valence-corrected chi connectivity index (χ4v) is 4.37. The van der Waals surface area contributed by atoms with Crippen LogP contribution in [0.1, 0.15) is 27.8 Å². The molecule has 0 radical (unpaired) electrons. The number of carbonyl (C=O) groups is 1. The zero-order valence-electron chi connectivity index (χ0n) is 17.0. The first kappa shape index (κ1) is 17.9. The van der Waals surface area contributed by atoms with E-state index in [0.717, 1.165) is 44.7 Å². The minimum absolute atomic E-state index is 0.0875. The summed E-state index contributed by atoms with van der Waals surface area (Å²) < 4.78 is 1.76. The molecule has 0 spiro atoms. The van der Waals surface area contributed by atoms with Crippen LogP contribution < -0.4 is 0 Å². The number of ketones is 1.